The zero-order valence-corrected chi connectivity index (χ0v) is 12.4. The molecule has 2 aromatic carbocycles. The Balaban J connectivity index is 2.22. The van der Waals surface area contributed by atoms with Crippen molar-refractivity contribution in [1.29, 1.82) is 0 Å². The molecule has 0 aliphatic heterocycles. The topological polar surface area (TPSA) is 26.0 Å². The Bertz CT molecular complexity index is 617. The van der Waals surface area contributed by atoms with Gasteiger partial charge >= 0.3 is 0 Å². The Hall–Kier alpha value is -1.10. The maximum Gasteiger partial charge on any atom is 0.137 e. The van der Waals surface area contributed by atoms with Crippen LogP contribution in [0.15, 0.2) is 46.2 Å². The quantitative estimate of drug-likeness (QED) is 0.888. The van der Waals surface area contributed by atoms with E-state index >= 15 is 0 Å². The molecule has 2 N–H and O–H groups in total. The zero-order chi connectivity index (χ0) is 14.7. The Kier molecular flexibility index (Phi) is 5.02. The molecule has 2 rings (SSSR count). The molecule has 0 saturated carbocycles. The van der Waals surface area contributed by atoms with E-state index in [9.17, 15) is 8.78 Å². The molecule has 2 aromatic rings. The van der Waals surface area contributed by atoms with Crippen LogP contribution in [0.1, 0.15) is 12.5 Å². The van der Waals surface area contributed by atoms with Gasteiger partial charge in [0, 0.05) is 16.0 Å². The molecule has 5 heteroatoms. The van der Waals surface area contributed by atoms with Crippen LogP contribution < -0.4 is 5.73 Å². The Morgan fingerprint density at radius 1 is 1.20 bits per heavy atom. The number of benzene rings is 2. The lowest BCUT2D eigenvalue weighted by molar-refractivity contribution is 0.577. The van der Waals surface area contributed by atoms with Gasteiger partial charge in [-0.25, -0.2) is 8.78 Å². The first-order chi connectivity index (χ1) is 9.45. The average molecular weight is 314 g/mol. The van der Waals surface area contributed by atoms with Crippen molar-refractivity contribution in [2.45, 2.75) is 29.2 Å². The summed E-state index contributed by atoms with van der Waals surface area (Å²) in [5.41, 5.74) is 6.69. The molecule has 1 nitrogen and oxygen atoms in total. The lowest BCUT2D eigenvalue weighted by Crippen LogP contribution is -2.17. The summed E-state index contributed by atoms with van der Waals surface area (Å²) in [7, 11) is 0. The highest BCUT2D eigenvalue weighted by atomic mass is 35.5. The SMILES string of the molecule is CC(N)Cc1ccc(Sc2cc(F)ccc2F)cc1Cl. The lowest BCUT2D eigenvalue weighted by Gasteiger charge is -2.09. The molecule has 0 spiro atoms. The van der Waals surface area contributed by atoms with Gasteiger partial charge in [-0.15, -0.1) is 0 Å². The van der Waals surface area contributed by atoms with Gasteiger partial charge in [0.1, 0.15) is 11.6 Å². The van der Waals surface area contributed by atoms with Gasteiger partial charge in [-0.2, -0.15) is 0 Å². The molecule has 1 unspecified atom stereocenters. The molecule has 0 heterocycles. The summed E-state index contributed by atoms with van der Waals surface area (Å²) in [6, 6.07) is 8.84. The van der Waals surface area contributed by atoms with E-state index in [1.807, 2.05) is 19.1 Å². The van der Waals surface area contributed by atoms with Crippen LogP contribution in [0.5, 0.6) is 0 Å². The molecule has 106 valence electrons. The van der Waals surface area contributed by atoms with Crippen molar-refractivity contribution >= 4 is 23.4 Å². The van der Waals surface area contributed by atoms with Gasteiger partial charge in [-0.05, 0) is 49.2 Å². The minimum atomic E-state index is -0.464. The number of hydrogen-bond donors (Lipinski definition) is 1. The van der Waals surface area contributed by atoms with Crippen molar-refractivity contribution in [3.05, 3.63) is 58.6 Å². The third-order valence-corrected chi connectivity index (χ3v) is 4.06. The van der Waals surface area contributed by atoms with Gasteiger partial charge in [0.2, 0.25) is 0 Å². The maximum absolute atomic E-state index is 13.6. The Morgan fingerprint density at radius 2 is 1.95 bits per heavy atom. The van der Waals surface area contributed by atoms with Crippen LogP contribution in [-0.4, -0.2) is 6.04 Å². The first kappa shape index (κ1) is 15.3. The number of halogens is 3. The van der Waals surface area contributed by atoms with Gasteiger partial charge in [-0.3, -0.25) is 0 Å². The van der Waals surface area contributed by atoms with Crippen LogP contribution in [-0.2, 0) is 6.42 Å². The van der Waals surface area contributed by atoms with Gasteiger partial charge in [0.15, 0.2) is 0 Å². The largest absolute Gasteiger partial charge is 0.328 e. The van der Waals surface area contributed by atoms with E-state index in [4.69, 9.17) is 17.3 Å². The van der Waals surface area contributed by atoms with Crippen molar-refractivity contribution in [3.63, 3.8) is 0 Å². The zero-order valence-electron chi connectivity index (χ0n) is 10.9. The normalized spacial score (nSPS) is 12.4. The van der Waals surface area contributed by atoms with E-state index in [0.717, 1.165) is 34.4 Å². The van der Waals surface area contributed by atoms with Gasteiger partial charge < -0.3 is 5.73 Å². The summed E-state index contributed by atoms with van der Waals surface area (Å²) in [6.07, 6.45) is 0.679. The third-order valence-electron chi connectivity index (χ3n) is 2.69. The van der Waals surface area contributed by atoms with Crippen LogP contribution in [0, 0.1) is 11.6 Å². The summed E-state index contributed by atoms with van der Waals surface area (Å²) in [4.78, 5) is 0.994. The molecule has 0 fully saturated rings. The molecular weight excluding hydrogens is 300 g/mol. The Labute approximate surface area is 126 Å². The second-order valence-corrected chi connectivity index (χ2v) is 6.13. The van der Waals surface area contributed by atoms with Crippen molar-refractivity contribution in [3.8, 4) is 0 Å². The van der Waals surface area contributed by atoms with Crippen LogP contribution >= 0.6 is 23.4 Å². The smallest absolute Gasteiger partial charge is 0.137 e. The molecule has 0 aliphatic rings. The van der Waals surface area contributed by atoms with Crippen molar-refractivity contribution in [2.75, 3.05) is 0 Å². The molecule has 0 amide bonds. The molecule has 1 atom stereocenters. The highest BCUT2D eigenvalue weighted by molar-refractivity contribution is 7.99. The average Bonchev–Trinajstić information content (AvgIpc) is 2.37. The molecule has 20 heavy (non-hydrogen) atoms. The van der Waals surface area contributed by atoms with E-state index in [-0.39, 0.29) is 10.9 Å². The second-order valence-electron chi connectivity index (χ2n) is 4.61. The second kappa shape index (κ2) is 6.57. The van der Waals surface area contributed by atoms with E-state index in [1.165, 1.54) is 6.07 Å². The minimum Gasteiger partial charge on any atom is -0.328 e. The van der Waals surface area contributed by atoms with E-state index in [1.54, 1.807) is 6.07 Å². The summed E-state index contributed by atoms with van der Waals surface area (Å²) < 4.78 is 26.7. The van der Waals surface area contributed by atoms with Crippen LogP contribution in [0.3, 0.4) is 0 Å². The van der Waals surface area contributed by atoms with E-state index in [0.29, 0.717) is 11.4 Å². The first-order valence-electron chi connectivity index (χ1n) is 6.12. The van der Waals surface area contributed by atoms with Crippen LogP contribution in [0.2, 0.25) is 5.02 Å². The minimum absolute atomic E-state index is 0.0201. The summed E-state index contributed by atoms with van der Waals surface area (Å²) >= 11 is 7.31. The number of nitrogens with two attached hydrogens (primary N) is 1. The molecular formula is C15H14ClF2NS. The van der Waals surface area contributed by atoms with Gasteiger partial charge in [-0.1, -0.05) is 29.4 Å². The third kappa shape index (κ3) is 3.95. The van der Waals surface area contributed by atoms with E-state index in [2.05, 4.69) is 0 Å². The van der Waals surface area contributed by atoms with E-state index < -0.39 is 11.6 Å². The monoisotopic (exact) mass is 313 g/mol. The molecule has 0 saturated heterocycles. The van der Waals surface area contributed by atoms with Gasteiger partial charge in [0.25, 0.3) is 0 Å². The fourth-order valence-corrected chi connectivity index (χ4v) is 3.01. The summed E-state index contributed by atoms with van der Waals surface area (Å²) in [5, 5.41) is 0.587. The van der Waals surface area contributed by atoms with Crippen molar-refractivity contribution in [2.24, 2.45) is 5.73 Å². The van der Waals surface area contributed by atoms with Crippen LogP contribution in [0.4, 0.5) is 8.78 Å². The predicted molar refractivity (Wildman–Crippen MR) is 79.3 cm³/mol. The highest BCUT2D eigenvalue weighted by Gasteiger charge is 2.09. The molecule has 0 aliphatic carbocycles. The van der Waals surface area contributed by atoms with Gasteiger partial charge in [0.05, 0.1) is 4.90 Å². The number of hydrogen-bond acceptors (Lipinski definition) is 2. The van der Waals surface area contributed by atoms with Crippen molar-refractivity contribution in [1.82, 2.24) is 0 Å². The molecule has 0 radical (unpaired) electrons. The van der Waals surface area contributed by atoms with Crippen LogP contribution in [0.25, 0.3) is 0 Å². The summed E-state index contributed by atoms with van der Waals surface area (Å²) in [6.45, 7) is 1.90. The highest BCUT2D eigenvalue weighted by Crippen LogP contribution is 2.33. The lowest BCUT2D eigenvalue weighted by atomic mass is 10.1. The standard InChI is InChI=1S/C15H14ClF2NS/c1-9(19)6-10-2-4-12(8-13(10)16)20-15-7-11(17)3-5-14(15)18/h2-5,7-9H,6,19H2,1H3. The fourth-order valence-electron chi connectivity index (χ4n) is 1.79. The molecule has 0 aromatic heterocycles. The number of rotatable bonds is 4. The predicted octanol–water partition coefficient (Wildman–Crippen LogP) is 4.66. The summed E-state index contributed by atoms with van der Waals surface area (Å²) in [5.74, 6) is -0.916. The Morgan fingerprint density at radius 3 is 2.60 bits per heavy atom. The molecule has 0 bridgehead atoms. The van der Waals surface area contributed by atoms with Crippen molar-refractivity contribution < 1.29 is 8.78 Å². The first-order valence-corrected chi connectivity index (χ1v) is 7.32. The maximum atomic E-state index is 13.6. The fraction of sp³-hybridized carbons (Fsp3) is 0.200.